The molecule has 0 atom stereocenters. The molecule has 2 fully saturated rings. The highest BCUT2D eigenvalue weighted by Crippen LogP contribution is 2.43. The van der Waals surface area contributed by atoms with Crippen molar-refractivity contribution < 1.29 is 31.8 Å². The SMILES string of the molecule is O=C(OCC1CC(F)(F)C1)OCC1CC(F)(F)C1. The van der Waals surface area contributed by atoms with Gasteiger partial charge in [-0.05, 0) is 0 Å². The Bertz CT molecular complexity index is 286. The fourth-order valence-electron chi connectivity index (χ4n) is 2.22. The van der Waals surface area contributed by atoms with E-state index in [0.717, 1.165) is 0 Å². The normalized spacial score (nSPS) is 26.0. The first-order valence-electron chi connectivity index (χ1n) is 5.81. The first kappa shape index (κ1) is 13.4. The van der Waals surface area contributed by atoms with Crippen LogP contribution in [0.4, 0.5) is 22.4 Å². The summed E-state index contributed by atoms with van der Waals surface area (Å²) in [6.07, 6.45) is -2.10. The third kappa shape index (κ3) is 3.49. The van der Waals surface area contributed by atoms with E-state index in [9.17, 15) is 22.4 Å². The van der Waals surface area contributed by atoms with Gasteiger partial charge < -0.3 is 9.47 Å². The van der Waals surface area contributed by atoms with Gasteiger partial charge in [0.05, 0.1) is 13.2 Å². The van der Waals surface area contributed by atoms with Gasteiger partial charge in [0.1, 0.15) is 0 Å². The van der Waals surface area contributed by atoms with Gasteiger partial charge >= 0.3 is 6.16 Å². The van der Waals surface area contributed by atoms with Gasteiger partial charge in [0.15, 0.2) is 0 Å². The molecule has 0 N–H and O–H groups in total. The zero-order chi connectivity index (χ0) is 13.4. The number of hydrogen-bond donors (Lipinski definition) is 0. The van der Waals surface area contributed by atoms with Crippen molar-refractivity contribution in [3.63, 3.8) is 0 Å². The molecule has 0 unspecified atom stereocenters. The molecule has 0 heterocycles. The van der Waals surface area contributed by atoms with Crippen molar-refractivity contribution >= 4 is 6.16 Å². The minimum absolute atomic E-state index is 0.102. The molecule has 0 spiro atoms. The zero-order valence-corrected chi connectivity index (χ0v) is 9.63. The van der Waals surface area contributed by atoms with Crippen molar-refractivity contribution in [2.24, 2.45) is 11.8 Å². The largest absolute Gasteiger partial charge is 0.508 e. The van der Waals surface area contributed by atoms with E-state index in [1.165, 1.54) is 0 Å². The zero-order valence-electron chi connectivity index (χ0n) is 9.63. The summed E-state index contributed by atoms with van der Waals surface area (Å²) in [4.78, 5) is 11.0. The van der Waals surface area contributed by atoms with E-state index in [4.69, 9.17) is 0 Å². The Morgan fingerprint density at radius 2 is 1.22 bits per heavy atom. The third-order valence-electron chi connectivity index (χ3n) is 3.22. The number of rotatable bonds is 4. The molecule has 0 aliphatic heterocycles. The van der Waals surface area contributed by atoms with Crippen molar-refractivity contribution in [3.8, 4) is 0 Å². The Balaban J connectivity index is 1.51. The van der Waals surface area contributed by atoms with Gasteiger partial charge in [0.2, 0.25) is 11.8 Å². The molecule has 0 aromatic heterocycles. The van der Waals surface area contributed by atoms with Crippen LogP contribution in [0.5, 0.6) is 0 Å². The molecule has 0 radical (unpaired) electrons. The van der Waals surface area contributed by atoms with Crippen LogP contribution in [0.3, 0.4) is 0 Å². The van der Waals surface area contributed by atoms with Crippen LogP contribution >= 0.6 is 0 Å². The molecule has 0 amide bonds. The van der Waals surface area contributed by atoms with Gasteiger partial charge in [-0.15, -0.1) is 0 Å². The average molecular weight is 270 g/mol. The van der Waals surface area contributed by atoms with E-state index in [0.29, 0.717) is 0 Å². The predicted molar refractivity (Wildman–Crippen MR) is 52.6 cm³/mol. The number of hydrogen-bond acceptors (Lipinski definition) is 3. The second-order valence-electron chi connectivity index (χ2n) is 5.13. The summed E-state index contributed by atoms with van der Waals surface area (Å²) in [6.45, 7) is -0.204. The number of ether oxygens (including phenoxy) is 2. The summed E-state index contributed by atoms with van der Waals surface area (Å²) in [6, 6.07) is 0. The molecule has 2 aliphatic carbocycles. The molecule has 2 rings (SSSR count). The first-order valence-corrected chi connectivity index (χ1v) is 5.81. The van der Waals surface area contributed by atoms with E-state index in [-0.39, 0.29) is 50.7 Å². The van der Waals surface area contributed by atoms with Crippen LogP contribution in [0.1, 0.15) is 25.7 Å². The fourth-order valence-corrected chi connectivity index (χ4v) is 2.22. The minimum atomic E-state index is -2.64. The highest BCUT2D eigenvalue weighted by atomic mass is 19.3. The number of carbonyl (C=O) groups is 1. The summed E-state index contributed by atoms with van der Waals surface area (Å²) < 4.78 is 59.1. The number of halogens is 4. The van der Waals surface area contributed by atoms with Crippen LogP contribution in [-0.2, 0) is 9.47 Å². The topological polar surface area (TPSA) is 35.5 Å². The predicted octanol–water partition coefficient (Wildman–Crippen LogP) is 3.23. The van der Waals surface area contributed by atoms with Crippen LogP contribution in [-0.4, -0.2) is 31.2 Å². The van der Waals surface area contributed by atoms with Gasteiger partial charge in [0, 0.05) is 37.5 Å². The monoisotopic (exact) mass is 270 g/mol. The Labute approximate surface area is 101 Å². The minimum Gasteiger partial charge on any atom is -0.434 e. The van der Waals surface area contributed by atoms with Gasteiger partial charge in [0.25, 0.3) is 0 Å². The molecular formula is C11H14F4O3. The van der Waals surface area contributed by atoms with Gasteiger partial charge in [-0.25, -0.2) is 22.4 Å². The van der Waals surface area contributed by atoms with E-state index < -0.39 is 18.0 Å². The van der Waals surface area contributed by atoms with Crippen molar-refractivity contribution in [2.75, 3.05) is 13.2 Å². The second-order valence-corrected chi connectivity index (χ2v) is 5.13. The van der Waals surface area contributed by atoms with E-state index in [2.05, 4.69) is 9.47 Å². The number of carbonyl (C=O) groups excluding carboxylic acids is 1. The van der Waals surface area contributed by atoms with Crippen LogP contribution in [0, 0.1) is 11.8 Å². The lowest BCUT2D eigenvalue weighted by atomic mass is 9.82. The highest BCUT2D eigenvalue weighted by Gasteiger charge is 2.46. The molecule has 0 aromatic carbocycles. The van der Waals surface area contributed by atoms with Gasteiger partial charge in [-0.1, -0.05) is 0 Å². The molecule has 18 heavy (non-hydrogen) atoms. The highest BCUT2D eigenvalue weighted by molar-refractivity contribution is 5.59. The lowest BCUT2D eigenvalue weighted by Crippen LogP contribution is -2.39. The van der Waals surface area contributed by atoms with E-state index >= 15 is 0 Å². The molecule has 2 saturated carbocycles. The maximum Gasteiger partial charge on any atom is 0.508 e. The molecule has 7 heteroatoms. The molecule has 3 nitrogen and oxygen atoms in total. The molecule has 0 bridgehead atoms. The van der Waals surface area contributed by atoms with E-state index in [1.807, 2.05) is 0 Å². The summed E-state index contributed by atoms with van der Waals surface area (Å²) >= 11 is 0. The van der Waals surface area contributed by atoms with Crippen molar-refractivity contribution in [2.45, 2.75) is 37.5 Å². The fraction of sp³-hybridized carbons (Fsp3) is 0.909. The average Bonchev–Trinajstić information content (AvgIpc) is 2.17. The maximum absolute atomic E-state index is 12.5. The van der Waals surface area contributed by atoms with Crippen LogP contribution in [0.25, 0.3) is 0 Å². The van der Waals surface area contributed by atoms with Gasteiger partial charge in [-0.2, -0.15) is 0 Å². The Morgan fingerprint density at radius 3 is 1.50 bits per heavy atom. The summed E-state index contributed by atoms with van der Waals surface area (Å²) in [5, 5.41) is 0. The summed E-state index contributed by atoms with van der Waals surface area (Å²) in [5.41, 5.74) is 0. The lowest BCUT2D eigenvalue weighted by Gasteiger charge is -2.35. The Kier molecular flexibility index (Phi) is 3.42. The standard InChI is InChI=1S/C11H14F4O3/c12-10(13)1-7(2-10)5-17-9(16)18-6-8-3-11(14,15)4-8/h7-8H,1-6H2. The molecule has 2 aliphatic rings. The van der Waals surface area contributed by atoms with Crippen LogP contribution in [0.2, 0.25) is 0 Å². The maximum atomic E-state index is 12.5. The van der Waals surface area contributed by atoms with E-state index in [1.54, 1.807) is 0 Å². The summed E-state index contributed by atoms with van der Waals surface area (Å²) in [7, 11) is 0. The van der Waals surface area contributed by atoms with Crippen molar-refractivity contribution in [1.82, 2.24) is 0 Å². The molecular weight excluding hydrogens is 256 g/mol. The lowest BCUT2D eigenvalue weighted by molar-refractivity contribution is -0.132. The first-order chi connectivity index (χ1) is 8.26. The van der Waals surface area contributed by atoms with Crippen LogP contribution < -0.4 is 0 Å². The second kappa shape index (κ2) is 4.59. The van der Waals surface area contributed by atoms with Gasteiger partial charge in [-0.3, -0.25) is 0 Å². The number of alkyl halides is 4. The van der Waals surface area contributed by atoms with Crippen LogP contribution in [0.15, 0.2) is 0 Å². The molecule has 104 valence electrons. The molecule has 0 aromatic rings. The molecule has 0 saturated heterocycles. The van der Waals surface area contributed by atoms with Crippen molar-refractivity contribution in [1.29, 1.82) is 0 Å². The Hall–Kier alpha value is -1.01. The smallest absolute Gasteiger partial charge is 0.434 e. The third-order valence-corrected chi connectivity index (χ3v) is 3.22. The summed E-state index contributed by atoms with van der Waals surface area (Å²) in [5.74, 6) is -5.95. The van der Waals surface area contributed by atoms with Crippen molar-refractivity contribution in [3.05, 3.63) is 0 Å². The Morgan fingerprint density at radius 1 is 0.889 bits per heavy atom. The quantitative estimate of drug-likeness (QED) is 0.581.